The Labute approximate surface area is 219 Å². The highest BCUT2D eigenvalue weighted by Gasteiger charge is 2.38. The van der Waals surface area contributed by atoms with Gasteiger partial charge in [0.2, 0.25) is 0 Å². The van der Waals surface area contributed by atoms with E-state index in [1.807, 2.05) is 19.2 Å². The monoisotopic (exact) mass is 532 g/mol. The molecule has 0 saturated carbocycles. The van der Waals surface area contributed by atoms with Crippen LogP contribution in [0.5, 0.6) is 0 Å². The van der Waals surface area contributed by atoms with E-state index in [9.17, 15) is 22.4 Å². The van der Waals surface area contributed by atoms with E-state index < -0.39 is 17.6 Å². The number of hydrogen-bond donors (Lipinski definition) is 0. The molecule has 1 amide bonds. The predicted octanol–water partition coefficient (Wildman–Crippen LogP) is 7.23. The lowest BCUT2D eigenvalue weighted by atomic mass is 9.87. The van der Waals surface area contributed by atoms with Crippen molar-refractivity contribution in [2.24, 2.45) is 11.8 Å². The molecule has 37 heavy (non-hydrogen) atoms. The van der Waals surface area contributed by atoms with Crippen LogP contribution in [0.1, 0.15) is 51.7 Å². The second-order valence-corrected chi connectivity index (χ2v) is 11.3. The summed E-state index contributed by atoms with van der Waals surface area (Å²) in [5.74, 6) is -0.608. The van der Waals surface area contributed by atoms with Crippen LogP contribution in [-0.2, 0) is 12.7 Å². The first kappa shape index (κ1) is 27.3. The molecule has 0 unspecified atom stereocenters. The first-order valence-corrected chi connectivity index (χ1v) is 13.4. The number of amides is 1. The van der Waals surface area contributed by atoms with Gasteiger partial charge in [0.05, 0.1) is 5.56 Å². The molecule has 8 heteroatoms. The molecule has 1 aromatic heterocycles. The summed E-state index contributed by atoms with van der Waals surface area (Å²) in [6.07, 6.45) is -4.42. The first-order valence-electron chi connectivity index (χ1n) is 12.5. The summed E-state index contributed by atoms with van der Waals surface area (Å²) < 4.78 is 54.0. The number of carbonyl (C=O) groups excluding carboxylic acids is 1. The molecule has 198 valence electrons. The molecule has 4 rings (SSSR count). The molecule has 2 heterocycles. The number of thiophene rings is 1. The largest absolute Gasteiger partial charge is 0.416 e. The molecule has 0 spiro atoms. The smallest absolute Gasteiger partial charge is 0.338 e. The van der Waals surface area contributed by atoms with Gasteiger partial charge in [-0.05, 0) is 71.7 Å². The number of hydrogen-bond acceptors (Lipinski definition) is 3. The van der Waals surface area contributed by atoms with Crippen molar-refractivity contribution in [3.8, 4) is 0 Å². The minimum absolute atomic E-state index is 0.0492. The lowest BCUT2D eigenvalue weighted by Crippen LogP contribution is -2.39. The van der Waals surface area contributed by atoms with Gasteiger partial charge in [-0.25, -0.2) is 4.39 Å². The fraction of sp³-hybridized carbons (Fsp3) is 0.414. The lowest BCUT2D eigenvalue weighted by molar-refractivity contribution is -0.137. The average Bonchev–Trinajstić information content (AvgIpc) is 3.43. The first-order chi connectivity index (χ1) is 17.5. The molecule has 1 aliphatic heterocycles. The molecular formula is C29H32F4N2OS. The van der Waals surface area contributed by atoms with Crippen LogP contribution in [0.15, 0.2) is 60.0 Å². The van der Waals surface area contributed by atoms with E-state index in [1.54, 1.807) is 22.3 Å². The maximum Gasteiger partial charge on any atom is 0.416 e. The van der Waals surface area contributed by atoms with E-state index in [2.05, 4.69) is 17.9 Å². The Morgan fingerprint density at radius 3 is 2.46 bits per heavy atom. The summed E-state index contributed by atoms with van der Waals surface area (Å²) in [6.45, 7) is 9.04. The van der Waals surface area contributed by atoms with Crippen LogP contribution in [-0.4, -0.2) is 41.9 Å². The topological polar surface area (TPSA) is 23.6 Å². The molecule has 1 fully saturated rings. The Kier molecular flexibility index (Phi) is 8.39. The molecule has 0 N–H and O–H groups in total. The summed E-state index contributed by atoms with van der Waals surface area (Å²) in [5.41, 5.74) is 1.60. The van der Waals surface area contributed by atoms with Crippen molar-refractivity contribution >= 4 is 17.2 Å². The summed E-state index contributed by atoms with van der Waals surface area (Å²) >= 11 is 1.68. The summed E-state index contributed by atoms with van der Waals surface area (Å²) in [6, 6.07) is 13.2. The number of likely N-dealkylation sites (tertiary alicyclic amines) is 1. The second-order valence-electron chi connectivity index (χ2n) is 10.3. The van der Waals surface area contributed by atoms with Gasteiger partial charge in [0.15, 0.2) is 0 Å². The Hall–Kier alpha value is -2.71. The number of aryl methyl sites for hydroxylation is 1. The van der Waals surface area contributed by atoms with Crippen molar-refractivity contribution in [3.63, 3.8) is 0 Å². The van der Waals surface area contributed by atoms with Crippen LogP contribution in [0.25, 0.3) is 0 Å². The van der Waals surface area contributed by atoms with E-state index in [1.165, 1.54) is 46.8 Å². The van der Waals surface area contributed by atoms with Gasteiger partial charge in [0.1, 0.15) is 5.82 Å². The summed E-state index contributed by atoms with van der Waals surface area (Å²) in [5, 5.41) is 2.05. The Bertz CT molecular complexity index is 1210. The van der Waals surface area contributed by atoms with Gasteiger partial charge < -0.3 is 4.90 Å². The molecule has 3 nitrogen and oxygen atoms in total. The van der Waals surface area contributed by atoms with Gasteiger partial charge in [-0.2, -0.15) is 13.2 Å². The highest BCUT2D eigenvalue weighted by Crippen LogP contribution is 2.38. The van der Waals surface area contributed by atoms with Crippen molar-refractivity contribution in [2.45, 2.75) is 39.4 Å². The molecule has 0 radical (unpaired) electrons. The zero-order valence-corrected chi connectivity index (χ0v) is 22.1. The zero-order valence-electron chi connectivity index (χ0n) is 21.3. The van der Waals surface area contributed by atoms with E-state index >= 15 is 0 Å². The third kappa shape index (κ3) is 6.79. The van der Waals surface area contributed by atoms with E-state index in [4.69, 9.17) is 0 Å². The SMILES string of the molecule is Cc1ccsc1CN1C[C@@H](CN(CC(C)C)C(=O)c2ccc(F)cc2)[C@@H](c2cccc(C(F)(F)F)c2)C1. The van der Waals surface area contributed by atoms with Gasteiger partial charge in [-0.15, -0.1) is 11.3 Å². The molecule has 0 bridgehead atoms. The van der Waals surface area contributed by atoms with Gasteiger partial charge in [0.25, 0.3) is 5.91 Å². The van der Waals surface area contributed by atoms with Crippen LogP contribution in [0, 0.1) is 24.6 Å². The maximum absolute atomic E-state index is 13.5. The minimum Gasteiger partial charge on any atom is -0.338 e. The quantitative estimate of drug-likeness (QED) is 0.286. The predicted molar refractivity (Wildman–Crippen MR) is 139 cm³/mol. The molecule has 2 aromatic carbocycles. The molecule has 3 aromatic rings. The number of carbonyl (C=O) groups is 1. The Morgan fingerprint density at radius 1 is 1.11 bits per heavy atom. The fourth-order valence-electron chi connectivity index (χ4n) is 5.11. The van der Waals surface area contributed by atoms with Crippen LogP contribution in [0.4, 0.5) is 17.6 Å². The highest BCUT2D eigenvalue weighted by molar-refractivity contribution is 7.10. The average molecular weight is 533 g/mol. The van der Waals surface area contributed by atoms with E-state index in [0.717, 1.165) is 12.6 Å². The number of rotatable bonds is 8. The maximum atomic E-state index is 13.5. The van der Waals surface area contributed by atoms with Crippen LogP contribution >= 0.6 is 11.3 Å². The van der Waals surface area contributed by atoms with Crippen molar-refractivity contribution in [1.29, 1.82) is 0 Å². The van der Waals surface area contributed by atoms with Gasteiger partial charge in [0, 0.05) is 49.1 Å². The van der Waals surface area contributed by atoms with Gasteiger partial charge in [-0.3, -0.25) is 9.69 Å². The number of benzene rings is 2. The normalized spacial score (nSPS) is 18.5. The van der Waals surface area contributed by atoms with Crippen molar-refractivity contribution in [2.75, 3.05) is 26.2 Å². The van der Waals surface area contributed by atoms with Gasteiger partial charge >= 0.3 is 6.18 Å². The third-order valence-electron chi connectivity index (χ3n) is 6.91. The van der Waals surface area contributed by atoms with E-state index in [0.29, 0.717) is 37.3 Å². The summed E-state index contributed by atoms with van der Waals surface area (Å²) in [7, 11) is 0. The zero-order chi connectivity index (χ0) is 26.7. The summed E-state index contributed by atoms with van der Waals surface area (Å²) in [4.78, 5) is 18.7. The van der Waals surface area contributed by atoms with Gasteiger partial charge in [-0.1, -0.05) is 32.0 Å². The number of nitrogens with zero attached hydrogens (tertiary/aromatic N) is 2. The Balaban J connectivity index is 1.63. The standard InChI is InChI=1S/C29H32F4N2OS/c1-19(2)14-35(28(36)21-7-9-25(30)10-8-21)16-23-15-34(18-27-20(3)11-12-37-27)17-26(23)22-5-4-6-24(13-22)29(31,32)33/h4-13,19,23,26H,14-18H2,1-3H3/t23-,26+/m0/s1. The molecule has 1 saturated heterocycles. The van der Waals surface area contributed by atoms with Crippen LogP contribution < -0.4 is 0 Å². The number of halogens is 4. The van der Waals surface area contributed by atoms with Crippen LogP contribution in [0.2, 0.25) is 0 Å². The lowest BCUT2D eigenvalue weighted by Gasteiger charge is -2.30. The number of alkyl halides is 3. The van der Waals surface area contributed by atoms with Crippen molar-refractivity contribution in [1.82, 2.24) is 9.80 Å². The fourth-order valence-corrected chi connectivity index (χ4v) is 6.05. The van der Waals surface area contributed by atoms with E-state index in [-0.39, 0.29) is 23.7 Å². The second kappa shape index (κ2) is 11.4. The highest BCUT2D eigenvalue weighted by atomic mass is 32.1. The van der Waals surface area contributed by atoms with Crippen molar-refractivity contribution in [3.05, 3.63) is 92.9 Å². The molecular weight excluding hydrogens is 500 g/mol. The van der Waals surface area contributed by atoms with Crippen LogP contribution in [0.3, 0.4) is 0 Å². The molecule has 1 aliphatic rings. The molecule has 2 atom stereocenters. The molecule has 0 aliphatic carbocycles. The van der Waals surface area contributed by atoms with Crippen molar-refractivity contribution < 1.29 is 22.4 Å². The minimum atomic E-state index is -4.42. The Morgan fingerprint density at radius 2 is 1.84 bits per heavy atom. The third-order valence-corrected chi connectivity index (χ3v) is 7.92.